The molecule has 0 bridgehead atoms. The van der Waals surface area contributed by atoms with E-state index in [-0.39, 0.29) is 6.08 Å². The zero-order valence-electron chi connectivity index (χ0n) is 22.8. The highest BCUT2D eigenvalue weighted by Gasteiger charge is 2.39. The van der Waals surface area contributed by atoms with Gasteiger partial charge in [-0.25, -0.2) is 17.6 Å². The van der Waals surface area contributed by atoms with Crippen LogP contribution in [-0.2, 0) is 0 Å². The van der Waals surface area contributed by atoms with Gasteiger partial charge < -0.3 is 0 Å². The smallest absolute Gasteiger partial charge is 0.216 e. The molecule has 50 heavy (non-hydrogen) atoms. The average Bonchev–Trinajstić information content (AvgIpc) is 2.90. The fraction of sp³-hybridized carbons (Fsp3) is 0.333. The van der Waals surface area contributed by atoms with Crippen molar-refractivity contribution in [1.82, 2.24) is 0 Å². The van der Waals surface area contributed by atoms with E-state index in [0.29, 0.717) is 0 Å². The number of alkyl halides is 18. The molecule has 0 spiro atoms. The Morgan fingerprint density at radius 2 is 0.720 bits per heavy atom. The molecule has 0 atom stereocenters. The van der Waals surface area contributed by atoms with Crippen LogP contribution in [0.2, 0.25) is 0 Å². The van der Waals surface area contributed by atoms with E-state index in [1.165, 1.54) is 6.92 Å². The summed E-state index contributed by atoms with van der Waals surface area (Å²) in [4.78, 5) is 0. The van der Waals surface area contributed by atoms with Crippen molar-refractivity contribution < 1.29 is 127 Å². The van der Waals surface area contributed by atoms with Crippen LogP contribution in [0.4, 0.5) is 127 Å². The van der Waals surface area contributed by atoms with E-state index in [2.05, 4.69) is 6.58 Å². The summed E-state index contributed by atoms with van der Waals surface area (Å²) in [5.74, 6) is -11.0. The maximum atomic E-state index is 11.0. The number of hydrogen-bond donors (Lipinski definition) is 0. The Balaban J connectivity index is -0.0000000869. The van der Waals surface area contributed by atoms with Crippen molar-refractivity contribution in [2.75, 3.05) is 0 Å². The van der Waals surface area contributed by atoms with Gasteiger partial charge in [0.25, 0.3) is 11.9 Å². The summed E-state index contributed by atoms with van der Waals surface area (Å²) in [7, 11) is 0. The van der Waals surface area contributed by atoms with Gasteiger partial charge in [0.2, 0.25) is 11.7 Å². The van der Waals surface area contributed by atoms with Gasteiger partial charge in [-0.1, -0.05) is 13.2 Å². The van der Waals surface area contributed by atoms with Crippen LogP contribution in [0.5, 0.6) is 0 Å². The molecule has 0 unspecified atom stereocenters. The minimum atomic E-state index is -5.56. The molecule has 0 aliphatic heterocycles. The third-order valence-corrected chi connectivity index (χ3v) is 2.16. The predicted octanol–water partition coefficient (Wildman–Crippen LogP) is 14.9. The monoisotopic (exact) mass is 816 g/mol. The molecule has 0 aromatic rings. The quantitative estimate of drug-likeness (QED) is 0.169. The van der Waals surface area contributed by atoms with Gasteiger partial charge in [0.15, 0.2) is 5.83 Å². The number of rotatable bonds is 0. The third-order valence-electron chi connectivity index (χ3n) is 2.16. The lowest BCUT2D eigenvalue weighted by atomic mass is 10.6. The van der Waals surface area contributed by atoms with Gasteiger partial charge in [-0.2, -0.15) is 110 Å². The highest BCUT2D eigenvalue weighted by molar-refractivity contribution is 4.98. The molecule has 0 nitrogen and oxygen atoms in total. The third kappa shape index (κ3) is 59.6. The standard InChI is InChI=1S/C3F6.2C3HF5.2C3H2F4.C3H3F3.C3H4F2/c4-1(2(5)6)3(7,8)9;2*4-1-2(5)3(6,7)8;1-2(4)3(5,6)7;4-2-1-3(5,6)7;1-2-3(4,5)6;1-2-3(4)5/h;2*1H;1H2;1-2H;2H,1H2;2H,1H3/b;2-1+;2-1-;;2-1-;;. The van der Waals surface area contributed by atoms with Crippen molar-refractivity contribution in [3.63, 3.8) is 0 Å². The summed E-state index contributed by atoms with van der Waals surface area (Å²) >= 11 is 0. The molecule has 0 saturated heterocycles. The van der Waals surface area contributed by atoms with Gasteiger partial charge in [0.1, 0.15) is 12.7 Å². The number of halogens is 29. The Hall–Kier alpha value is -3.85. The minimum absolute atomic E-state index is 0.0625. The van der Waals surface area contributed by atoms with Crippen molar-refractivity contribution in [1.29, 1.82) is 0 Å². The van der Waals surface area contributed by atoms with Crippen molar-refractivity contribution >= 4 is 0 Å². The van der Waals surface area contributed by atoms with Crippen molar-refractivity contribution in [2.24, 2.45) is 0 Å². The first-order valence-corrected chi connectivity index (χ1v) is 9.93. The maximum absolute atomic E-state index is 11.0. The summed E-state index contributed by atoms with van der Waals surface area (Å²) in [6, 6.07) is 0. The van der Waals surface area contributed by atoms with Gasteiger partial charge >= 0.3 is 43.1 Å². The first kappa shape index (κ1) is 61.4. The highest BCUT2D eigenvalue weighted by atomic mass is 19.4. The molecule has 300 valence electrons. The topological polar surface area (TPSA) is 0 Å². The second-order valence-corrected chi connectivity index (χ2v) is 6.04. The van der Waals surface area contributed by atoms with E-state index in [9.17, 15) is 127 Å². The van der Waals surface area contributed by atoms with Crippen LogP contribution in [0.15, 0.2) is 85.8 Å². The van der Waals surface area contributed by atoms with Crippen LogP contribution in [0.25, 0.3) is 0 Å². The average molecular weight is 816 g/mol. The second kappa shape index (κ2) is 27.9. The molecule has 0 aliphatic rings. The predicted molar refractivity (Wildman–Crippen MR) is 114 cm³/mol. The van der Waals surface area contributed by atoms with E-state index in [1.807, 2.05) is 6.58 Å². The van der Waals surface area contributed by atoms with E-state index >= 15 is 0 Å². The van der Waals surface area contributed by atoms with Gasteiger partial charge in [-0.05, 0) is 13.0 Å². The lowest BCUT2D eigenvalue weighted by Gasteiger charge is -1.98. The fourth-order valence-corrected chi connectivity index (χ4v) is 0.302. The molecule has 0 aliphatic carbocycles. The number of hydrogen-bond acceptors (Lipinski definition) is 0. The lowest BCUT2D eigenvalue weighted by Crippen LogP contribution is -2.08. The molecule has 0 rings (SSSR count). The normalized spacial score (nSPS) is 12.1. The molecule has 0 fully saturated rings. The molecular weight excluding hydrogens is 803 g/mol. The molecule has 0 saturated carbocycles. The van der Waals surface area contributed by atoms with Crippen LogP contribution in [0, 0.1) is 0 Å². The van der Waals surface area contributed by atoms with Crippen LogP contribution >= 0.6 is 0 Å². The molecular formula is C21H13F29. The van der Waals surface area contributed by atoms with Crippen LogP contribution in [0.3, 0.4) is 0 Å². The Bertz CT molecular complexity index is 1010. The van der Waals surface area contributed by atoms with Gasteiger partial charge in [0.05, 0.1) is 6.33 Å². The van der Waals surface area contributed by atoms with E-state index in [4.69, 9.17) is 0 Å². The summed E-state index contributed by atoms with van der Waals surface area (Å²) in [6.45, 7) is 5.83. The molecule has 0 amide bonds. The van der Waals surface area contributed by atoms with Gasteiger partial charge in [-0.3, -0.25) is 0 Å². The highest BCUT2D eigenvalue weighted by Crippen LogP contribution is 2.30. The summed E-state index contributed by atoms with van der Waals surface area (Å²) in [5, 5.41) is 0. The Labute approximate surface area is 258 Å². The fourth-order valence-electron chi connectivity index (χ4n) is 0.302. The van der Waals surface area contributed by atoms with Gasteiger partial charge in [-0.15, -0.1) is 0 Å². The minimum Gasteiger partial charge on any atom is -0.216 e. The molecule has 0 aromatic carbocycles. The molecule has 0 heterocycles. The van der Waals surface area contributed by atoms with Gasteiger partial charge in [0, 0.05) is 12.2 Å². The molecule has 0 aromatic heterocycles. The van der Waals surface area contributed by atoms with Crippen LogP contribution in [0.1, 0.15) is 6.92 Å². The van der Waals surface area contributed by atoms with Crippen molar-refractivity contribution in [3.05, 3.63) is 85.8 Å². The summed E-state index contributed by atoms with van der Waals surface area (Å²) in [6.07, 6.45) is -37.0. The van der Waals surface area contributed by atoms with Crippen LogP contribution < -0.4 is 0 Å². The maximum Gasteiger partial charge on any atom is 0.448 e. The van der Waals surface area contributed by atoms with Crippen molar-refractivity contribution in [3.8, 4) is 0 Å². The van der Waals surface area contributed by atoms with Crippen LogP contribution in [-0.4, -0.2) is 37.1 Å². The number of allylic oxidation sites excluding steroid dienone is 7. The lowest BCUT2D eigenvalue weighted by molar-refractivity contribution is -0.113. The zero-order valence-corrected chi connectivity index (χ0v) is 22.8. The summed E-state index contributed by atoms with van der Waals surface area (Å²) < 4.78 is 312. The van der Waals surface area contributed by atoms with E-state index in [0.717, 1.165) is 6.08 Å². The Morgan fingerprint density at radius 3 is 0.720 bits per heavy atom. The summed E-state index contributed by atoms with van der Waals surface area (Å²) in [5.41, 5.74) is 0. The zero-order chi connectivity index (χ0) is 42.7. The van der Waals surface area contributed by atoms with Crippen molar-refractivity contribution in [2.45, 2.75) is 44.0 Å². The molecule has 29 heteroatoms. The first-order chi connectivity index (χ1) is 21.7. The first-order valence-electron chi connectivity index (χ1n) is 9.93. The Kier molecular flexibility index (Phi) is 34.3. The van der Waals surface area contributed by atoms with E-state index in [1.54, 1.807) is 0 Å². The Morgan fingerprint density at radius 1 is 0.480 bits per heavy atom. The second-order valence-electron chi connectivity index (χ2n) is 6.04. The largest absolute Gasteiger partial charge is 0.448 e. The molecule has 0 radical (unpaired) electrons. The molecule has 0 N–H and O–H groups in total. The SMILES string of the molecule is C=C(F)C(F)(F)F.C=CC(F)(F)F.CC=C(F)F.F/C=C(/F)C(F)(F)F.F/C=C(\F)C(F)(F)F.F/C=C\C(F)(F)F.FC(F)=C(F)C(F)(F)F. The van der Waals surface area contributed by atoms with E-state index < -0.39 is 97.6 Å².